The van der Waals surface area contributed by atoms with Crippen LogP contribution in [0.25, 0.3) is 10.2 Å². The number of thiazole rings is 1. The molecule has 0 spiro atoms. The molecule has 0 aliphatic carbocycles. The summed E-state index contributed by atoms with van der Waals surface area (Å²) in [6.07, 6.45) is 1.82. The SMILES string of the molecule is CCN(Cc1ccccc1)c1ccc(/C=N\Nc2nc3ccccc3s2)cc1. The van der Waals surface area contributed by atoms with E-state index in [2.05, 4.69) is 88.0 Å². The van der Waals surface area contributed by atoms with E-state index in [0.717, 1.165) is 34.0 Å². The number of hydrazone groups is 1. The van der Waals surface area contributed by atoms with E-state index < -0.39 is 0 Å². The lowest BCUT2D eigenvalue weighted by Gasteiger charge is -2.23. The second kappa shape index (κ2) is 8.67. The molecule has 0 saturated heterocycles. The van der Waals surface area contributed by atoms with Crippen molar-refractivity contribution in [2.45, 2.75) is 13.5 Å². The number of hydrogen-bond acceptors (Lipinski definition) is 5. The highest BCUT2D eigenvalue weighted by atomic mass is 32.1. The van der Waals surface area contributed by atoms with Crippen LogP contribution in [0.3, 0.4) is 0 Å². The monoisotopic (exact) mass is 386 g/mol. The van der Waals surface area contributed by atoms with Gasteiger partial charge in [-0.1, -0.05) is 65.9 Å². The van der Waals surface area contributed by atoms with Crippen LogP contribution in [0.2, 0.25) is 0 Å². The van der Waals surface area contributed by atoms with Crippen LogP contribution in [0.1, 0.15) is 18.1 Å². The fourth-order valence-corrected chi connectivity index (χ4v) is 3.86. The fourth-order valence-electron chi connectivity index (χ4n) is 3.04. The number of fused-ring (bicyclic) bond motifs is 1. The number of rotatable bonds is 7. The van der Waals surface area contributed by atoms with Crippen molar-refractivity contribution in [1.29, 1.82) is 0 Å². The van der Waals surface area contributed by atoms with E-state index in [1.165, 1.54) is 11.3 Å². The van der Waals surface area contributed by atoms with Gasteiger partial charge < -0.3 is 4.90 Å². The van der Waals surface area contributed by atoms with Gasteiger partial charge in [0.2, 0.25) is 5.13 Å². The summed E-state index contributed by atoms with van der Waals surface area (Å²) in [5, 5.41) is 5.13. The number of nitrogens with zero attached hydrogens (tertiary/aromatic N) is 3. The van der Waals surface area contributed by atoms with Crippen LogP contribution in [-0.4, -0.2) is 17.7 Å². The molecular formula is C23H22N4S. The molecule has 0 aliphatic heterocycles. The molecule has 1 N–H and O–H groups in total. The van der Waals surface area contributed by atoms with Crippen molar-refractivity contribution in [1.82, 2.24) is 4.98 Å². The molecule has 0 bridgehead atoms. The van der Waals surface area contributed by atoms with Gasteiger partial charge in [0, 0.05) is 18.8 Å². The second-order valence-electron chi connectivity index (χ2n) is 6.45. The fraction of sp³-hybridized carbons (Fsp3) is 0.130. The summed E-state index contributed by atoms with van der Waals surface area (Å²) >= 11 is 1.60. The first-order valence-electron chi connectivity index (χ1n) is 9.35. The molecule has 0 amide bonds. The molecule has 4 nitrogen and oxygen atoms in total. The van der Waals surface area contributed by atoms with E-state index in [-0.39, 0.29) is 0 Å². The topological polar surface area (TPSA) is 40.5 Å². The molecule has 4 rings (SSSR count). The summed E-state index contributed by atoms with van der Waals surface area (Å²) in [5.74, 6) is 0. The highest BCUT2D eigenvalue weighted by Crippen LogP contribution is 2.25. The van der Waals surface area contributed by atoms with Gasteiger partial charge >= 0.3 is 0 Å². The molecule has 4 aromatic rings. The first kappa shape index (κ1) is 18.2. The lowest BCUT2D eigenvalue weighted by Crippen LogP contribution is -2.21. The van der Waals surface area contributed by atoms with Crippen molar-refractivity contribution in [2.75, 3.05) is 16.9 Å². The Balaban J connectivity index is 1.40. The Labute approximate surface area is 169 Å². The van der Waals surface area contributed by atoms with Crippen LogP contribution in [0.15, 0.2) is 84.0 Å². The van der Waals surface area contributed by atoms with Crippen molar-refractivity contribution in [2.24, 2.45) is 5.10 Å². The van der Waals surface area contributed by atoms with Gasteiger partial charge in [0.25, 0.3) is 0 Å². The molecule has 1 aromatic heterocycles. The largest absolute Gasteiger partial charge is 0.367 e. The molecule has 0 radical (unpaired) electrons. The molecule has 0 saturated carbocycles. The lowest BCUT2D eigenvalue weighted by atomic mass is 10.1. The van der Waals surface area contributed by atoms with Crippen molar-refractivity contribution in [3.05, 3.63) is 90.0 Å². The number of anilines is 2. The van der Waals surface area contributed by atoms with Crippen LogP contribution in [-0.2, 0) is 6.54 Å². The zero-order chi connectivity index (χ0) is 19.2. The van der Waals surface area contributed by atoms with Gasteiger partial charge in [0.15, 0.2) is 0 Å². The number of benzene rings is 3. The van der Waals surface area contributed by atoms with E-state index in [1.807, 2.05) is 24.4 Å². The Bertz CT molecular complexity index is 1020. The molecule has 5 heteroatoms. The molecule has 0 fully saturated rings. The normalized spacial score (nSPS) is 11.2. The third kappa shape index (κ3) is 4.38. The highest BCUT2D eigenvalue weighted by molar-refractivity contribution is 7.22. The summed E-state index contributed by atoms with van der Waals surface area (Å²) in [7, 11) is 0. The number of para-hydroxylation sites is 1. The van der Waals surface area contributed by atoms with Gasteiger partial charge in [-0.3, -0.25) is 5.43 Å². The van der Waals surface area contributed by atoms with Gasteiger partial charge in [0.05, 0.1) is 16.4 Å². The molecule has 1 heterocycles. The summed E-state index contributed by atoms with van der Waals surface area (Å²) in [6.45, 7) is 4.05. The van der Waals surface area contributed by atoms with Crippen molar-refractivity contribution in [3.63, 3.8) is 0 Å². The molecule has 28 heavy (non-hydrogen) atoms. The third-order valence-electron chi connectivity index (χ3n) is 4.52. The van der Waals surface area contributed by atoms with Crippen LogP contribution in [0.4, 0.5) is 10.8 Å². The maximum absolute atomic E-state index is 4.52. The first-order valence-corrected chi connectivity index (χ1v) is 10.2. The Morgan fingerprint density at radius 3 is 2.46 bits per heavy atom. The standard InChI is InChI=1S/C23H22N4S/c1-2-27(17-19-8-4-3-5-9-19)20-14-12-18(13-15-20)16-24-26-23-25-21-10-6-7-11-22(21)28-23/h3-16H,2,17H2,1H3,(H,25,26)/b24-16-. The highest BCUT2D eigenvalue weighted by Gasteiger charge is 2.05. The van der Waals surface area contributed by atoms with E-state index in [0.29, 0.717) is 0 Å². The Kier molecular flexibility index (Phi) is 5.64. The van der Waals surface area contributed by atoms with Crippen molar-refractivity contribution in [3.8, 4) is 0 Å². The Morgan fingerprint density at radius 2 is 1.71 bits per heavy atom. The minimum atomic E-state index is 0.800. The summed E-state index contributed by atoms with van der Waals surface area (Å²) < 4.78 is 1.16. The molecule has 0 unspecified atom stereocenters. The van der Waals surface area contributed by atoms with E-state index in [9.17, 15) is 0 Å². The van der Waals surface area contributed by atoms with Crippen molar-refractivity contribution < 1.29 is 0 Å². The second-order valence-corrected chi connectivity index (χ2v) is 7.48. The van der Waals surface area contributed by atoms with Gasteiger partial charge in [0.1, 0.15) is 0 Å². The van der Waals surface area contributed by atoms with E-state index >= 15 is 0 Å². The Hall–Kier alpha value is -3.18. The summed E-state index contributed by atoms with van der Waals surface area (Å²) in [4.78, 5) is 6.88. The first-order chi connectivity index (χ1) is 13.8. The van der Waals surface area contributed by atoms with E-state index in [1.54, 1.807) is 11.3 Å². The average Bonchev–Trinajstić information content (AvgIpc) is 3.16. The lowest BCUT2D eigenvalue weighted by molar-refractivity contribution is 0.832. The summed E-state index contributed by atoms with van der Waals surface area (Å²) in [5.41, 5.74) is 7.60. The van der Waals surface area contributed by atoms with Crippen LogP contribution in [0.5, 0.6) is 0 Å². The maximum Gasteiger partial charge on any atom is 0.204 e. The zero-order valence-corrected chi connectivity index (χ0v) is 16.6. The predicted octanol–water partition coefficient (Wildman–Crippen LogP) is 5.77. The quantitative estimate of drug-likeness (QED) is 0.324. The molecular weight excluding hydrogens is 364 g/mol. The van der Waals surface area contributed by atoms with E-state index in [4.69, 9.17) is 0 Å². The zero-order valence-electron chi connectivity index (χ0n) is 15.7. The van der Waals surface area contributed by atoms with Crippen LogP contribution >= 0.6 is 11.3 Å². The number of aromatic nitrogens is 1. The molecule has 0 atom stereocenters. The number of nitrogens with one attached hydrogen (secondary N) is 1. The minimum absolute atomic E-state index is 0.800. The molecule has 3 aromatic carbocycles. The van der Waals surface area contributed by atoms with Gasteiger partial charge in [-0.15, -0.1) is 0 Å². The van der Waals surface area contributed by atoms with Gasteiger partial charge in [-0.2, -0.15) is 5.10 Å². The van der Waals surface area contributed by atoms with Crippen molar-refractivity contribution >= 4 is 38.6 Å². The number of hydrogen-bond donors (Lipinski definition) is 1. The molecule has 140 valence electrons. The van der Waals surface area contributed by atoms with Crippen LogP contribution < -0.4 is 10.3 Å². The summed E-state index contributed by atoms with van der Waals surface area (Å²) in [6, 6.07) is 27.1. The molecule has 0 aliphatic rings. The predicted molar refractivity (Wildman–Crippen MR) is 120 cm³/mol. The minimum Gasteiger partial charge on any atom is -0.367 e. The maximum atomic E-state index is 4.52. The average molecular weight is 387 g/mol. The Morgan fingerprint density at radius 1 is 0.964 bits per heavy atom. The van der Waals surface area contributed by atoms with Gasteiger partial charge in [-0.25, -0.2) is 4.98 Å². The smallest absolute Gasteiger partial charge is 0.204 e. The van der Waals surface area contributed by atoms with Crippen LogP contribution in [0, 0.1) is 0 Å². The third-order valence-corrected chi connectivity index (χ3v) is 5.46. The van der Waals surface area contributed by atoms with Gasteiger partial charge in [-0.05, 0) is 42.3 Å².